The standard InChI is InChI=1S/C20H23N3O2/c1-14(2)9-10-21-20(24)18-13-17(19-8-5-11-25-19)22-23(18)16-7-4-6-15(3)12-16/h4-8,11-14H,9-10H2,1-3H3,(H,21,24). The van der Waals surface area contributed by atoms with Crippen LogP contribution in [-0.2, 0) is 0 Å². The SMILES string of the molecule is Cc1cccc(-n2nc(-c3ccco3)cc2C(=O)NCCC(C)C)c1. The van der Waals surface area contributed by atoms with E-state index in [9.17, 15) is 4.79 Å². The van der Waals surface area contributed by atoms with Gasteiger partial charge in [-0.05, 0) is 49.1 Å². The lowest BCUT2D eigenvalue weighted by molar-refractivity contribution is 0.0944. The third-order valence-electron chi connectivity index (χ3n) is 3.97. The second-order valence-electron chi connectivity index (χ2n) is 6.58. The van der Waals surface area contributed by atoms with Crippen molar-refractivity contribution in [3.05, 3.63) is 60.0 Å². The summed E-state index contributed by atoms with van der Waals surface area (Å²) in [5.74, 6) is 1.05. The highest BCUT2D eigenvalue weighted by Crippen LogP contribution is 2.22. The molecule has 3 aromatic rings. The summed E-state index contributed by atoms with van der Waals surface area (Å²) < 4.78 is 7.11. The van der Waals surface area contributed by atoms with Crippen LogP contribution in [0.25, 0.3) is 17.1 Å². The van der Waals surface area contributed by atoms with E-state index in [1.807, 2.05) is 43.3 Å². The number of nitrogens with one attached hydrogen (secondary N) is 1. The summed E-state index contributed by atoms with van der Waals surface area (Å²) in [5.41, 5.74) is 3.10. The Morgan fingerprint density at radius 3 is 2.76 bits per heavy atom. The Morgan fingerprint density at radius 2 is 2.08 bits per heavy atom. The average Bonchev–Trinajstić information content (AvgIpc) is 3.24. The first-order valence-electron chi connectivity index (χ1n) is 8.54. The molecule has 1 amide bonds. The van der Waals surface area contributed by atoms with E-state index in [-0.39, 0.29) is 5.91 Å². The zero-order valence-electron chi connectivity index (χ0n) is 14.8. The highest BCUT2D eigenvalue weighted by molar-refractivity contribution is 5.94. The van der Waals surface area contributed by atoms with Crippen molar-refractivity contribution in [2.75, 3.05) is 6.54 Å². The normalized spacial score (nSPS) is 11.0. The molecule has 0 aliphatic carbocycles. The fourth-order valence-corrected chi connectivity index (χ4v) is 2.61. The van der Waals surface area contributed by atoms with Crippen molar-refractivity contribution in [3.8, 4) is 17.1 Å². The van der Waals surface area contributed by atoms with Crippen LogP contribution in [0.15, 0.2) is 53.1 Å². The van der Waals surface area contributed by atoms with Gasteiger partial charge in [0.05, 0.1) is 12.0 Å². The Balaban J connectivity index is 1.96. The van der Waals surface area contributed by atoms with Gasteiger partial charge in [0.15, 0.2) is 5.76 Å². The number of nitrogens with zero attached hydrogens (tertiary/aromatic N) is 2. The molecule has 0 fully saturated rings. The fourth-order valence-electron chi connectivity index (χ4n) is 2.61. The van der Waals surface area contributed by atoms with E-state index in [0.29, 0.717) is 29.6 Å². The number of rotatable bonds is 6. The van der Waals surface area contributed by atoms with Crippen LogP contribution in [0.5, 0.6) is 0 Å². The van der Waals surface area contributed by atoms with Gasteiger partial charge in [-0.2, -0.15) is 5.10 Å². The summed E-state index contributed by atoms with van der Waals surface area (Å²) in [6.45, 7) is 6.94. The molecular formula is C20H23N3O2. The molecule has 0 aliphatic rings. The number of aryl methyl sites for hydroxylation is 1. The van der Waals surface area contributed by atoms with Crippen LogP contribution in [0.4, 0.5) is 0 Å². The highest BCUT2D eigenvalue weighted by Gasteiger charge is 2.18. The van der Waals surface area contributed by atoms with Crippen molar-refractivity contribution < 1.29 is 9.21 Å². The minimum absolute atomic E-state index is 0.132. The van der Waals surface area contributed by atoms with Crippen LogP contribution >= 0.6 is 0 Å². The van der Waals surface area contributed by atoms with Gasteiger partial charge >= 0.3 is 0 Å². The maximum atomic E-state index is 12.7. The van der Waals surface area contributed by atoms with Crippen LogP contribution in [0.1, 0.15) is 36.3 Å². The van der Waals surface area contributed by atoms with Gasteiger partial charge in [-0.1, -0.05) is 26.0 Å². The summed E-state index contributed by atoms with van der Waals surface area (Å²) >= 11 is 0. The summed E-state index contributed by atoms with van der Waals surface area (Å²) in [4.78, 5) is 12.7. The van der Waals surface area contributed by atoms with E-state index in [1.165, 1.54) is 0 Å². The molecule has 2 heterocycles. The minimum atomic E-state index is -0.132. The van der Waals surface area contributed by atoms with Gasteiger partial charge in [0.1, 0.15) is 11.4 Å². The van der Waals surface area contributed by atoms with Gasteiger partial charge in [-0.3, -0.25) is 4.79 Å². The first-order chi connectivity index (χ1) is 12.0. The van der Waals surface area contributed by atoms with Gasteiger partial charge in [-0.15, -0.1) is 0 Å². The molecule has 0 spiro atoms. The van der Waals surface area contributed by atoms with Crippen molar-refractivity contribution in [2.45, 2.75) is 27.2 Å². The Labute approximate surface area is 147 Å². The van der Waals surface area contributed by atoms with E-state index in [4.69, 9.17) is 4.42 Å². The van der Waals surface area contributed by atoms with E-state index in [1.54, 1.807) is 17.0 Å². The average molecular weight is 337 g/mol. The molecule has 130 valence electrons. The molecule has 3 rings (SSSR count). The molecule has 5 heteroatoms. The van der Waals surface area contributed by atoms with E-state index in [2.05, 4.69) is 24.3 Å². The molecule has 0 unspecified atom stereocenters. The third-order valence-corrected chi connectivity index (χ3v) is 3.97. The van der Waals surface area contributed by atoms with Crippen molar-refractivity contribution >= 4 is 5.91 Å². The van der Waals surface area contributed by atoms with Gasteiger partial charge < -0.3 is 9.73 Å². The zero-order valence-corrected chi connectivity index (χ0v) is 14.8. The monoisotopic (exact) mass is 337 g/mol. The van der Waals surface area contributed by atoms with Crippen LogP contribution < -0.4 is 5.32 Å². The number of carbonyl (C=O) groups excluding carboxylic acids is 1. The first-order valence-corrected chi connectivity index (χ1v) is 8.54. The predicted octanol–water partition coefficient (Wildman–Crippen LogP) is 4.22. The van der Waals surface area contributed by atoms with Gasteiger partial charge in [-0.25, -0.2) is 4.68 Å². The molecule has 25 heavy (non-hydrogen) atoms. The zero-order chi connectivity index (χ0) is 17.8. The molecule has 0 atom stereocenters. The topological polar surface area (TPSA) is 60.1 Å². The van der Waals surface area contributed by atoms with Gasteiger partial charge in [0.25, 0.3) is 5.91 Å². The number of aromatic nitrogens is 2. The van der Waals surface area contributed by atoms with Crippen molar-refractivity contribution in [3.63, 3.8) is 0 Å². The molecule has 0 saturated heterocycles. The number of hydrogen-bond acceptors (Lipinski definition) is 3. The molecular weight excluding hydrogens is 314 g/mol. The second kappa shape index (κ2) is 7.38. The highest BCUT2D eigenvalue weighted by atomic mass is 16.3. The maximum Gasteiger partial charge on any atom is 0.270 e. The van der Waals surface area contributed by atoms with Gasteiger partial charge in [0.2, 0.25) is 0 Å². The van der Waals surface area contributed by atoms with Crippen molar-refractivity contribution in [2.24, 2.45) is 5.92 Å². The molecule has 0 aliphatic heterocycles. The Hall–Kier alpha value is -2.82. The fraction of sp³-hybridized carbons (Fsp3) is 0.300. The first kappa shape index (κ1) is 17.0. The summed E-state index contributed by atoms with van der Waals surface area (Å²) in [6, 6.07) is 13.3. The Morgan fingerprint density at radius 1 is 1.24 bits per heavy atom. The molecule has 2 aromatic heterocycles. The van der Waals surface area contributed by atoms with Crippen LogP contribution in [-0.4, -0.2) is 22.2 Å². The smallest absolute Gasteiger partial charge is 0.270 e. The van der Waals surface area contributed by atoms with Crippen LogP contribution in [0.3, 0.4) is 0 Å². The molecule has 0 radical (unpaired) electrons. The summed E-state index contributed by atoms with van der Waals surface area (Å²) in [5, 5.41) is 7.57. The Kier molecular flexibility index (Phi) is 5.03. The lowest BCUT2D eigenvalue weighted by atomic mass is 10.1. The number of furan rings is 1. The predicted molar refractivity (Wildman–Crippen MR) is 97.8 cm³/mol. The van der Waals surface area contributed by atoms with Crippen LogP contribution in [0.2, 0.25) is 0 Å². The van der Waals surface area contributed by atoms with Crippen molar-refractivity contribution in [1.29, 1.82) is 0 Å². The maximum absolute atomic E-state index is 12.7. The number of hydrogen-bond donors (Lipinski definition) is 1. The summed E-state index contributed by atoms with van der Waals surface area (Å²) in [6.07, 6.45) is 2.54. The van der Waals surface area contributed by atoms with Crippen molar-refractivity contribution in [1.82, 2.24) is 15.1 Å². The lowest BCUT2D eigenvalue weighted by Gasteiger charge is -2.10. The molecule has 0 saturated carbocycles. The number of carbonyl (C=O) groups is 1. The van der Waals surface area contributed by atoms with E-state index in [0.717, 1.165) is 17.7 Å². The molecule has 1 N–H and O–H groups in total. The third kappa shape index (κ3) is 3.99. The molecule has 1 aromatic carbocycles. The largest absolute Gasteiger partial charge is 0.463 e. The Bertz CT molecular complexity index is 848. The van der Waals surface area contributed by atoms with E-state index >= 15 is 0 Å². The van der Waals surface area contributed by atoms with Crippen LogP contribution in [0, 0.1) is 12.8 Å². The quantitative estimate of drug-likeness (QED) is 0.733. The summed E-state index contributed by atoms with van der Waals surface area (Å²) in [7, 11) is 0. The van der Waals surface area contributed by atoms with Gasteiger partial charge in [0, 0.05) is 12.6 Å². The minimum Gasteiger partial charge on any atom is -0.463 e. The molecule has 5 nitrogen and oxygen atoms in total. The molecule has 0 bridgehead atoms. The lowest BCUT2D eigenvalue weighted by Crippen LogP contribution is -2.27. The number of benzene rings is 1. The van der Waals surface area contributed by atoms with E-state index < -0.39 is 0 Å². The second-order valence-corrected chi connectivity index (χ2v) is 6.58. The number of amides is 1.